The van der Waals surface area contributed by atoms with Gasteiger partial charge in [0.05, 0.1) is 25.1 Å². The van der Waals surface area contributed by atoms with Crippen molar-refractivity contribution < 1.29 is 14.3 Å². The molecule has 106 valence electrons. The fraction of sp³-hybridized carbons (Fsp3) is 0.429. The van der Waals surface area contributed by atoms with Gasteiger partial charge >= 0.3 is 0 Å². The van der Waals surface area contributed by atoms with Gasteiger partial charge in [-0.25, -0.2) is 0 Å². The van der Waals surface area contributed by atoms with E-state index in [-0.39, 0.29) is 18.6 Å². The lowest BCUT2D eigenvalue weighted by Gasteiger charge is -2.18. The minimum absolute atomic E-state index is 0.118. The third-order valence-corrected chi connectivity index (χ3v) is 3.54. The number of aliphatic hydroxyl groups is 1. The predicted molar refractivity (Wildman–Crippen MR) is 70.8 cm³/mol. The minimum atomic E-state index is -0.330. The molecular weight excluding hydrogens is 258 g/mol. The van der Waals surface area contributed by atoms with E-state index in [4.69, 9.17) is 4.42 Å². The van der Waals surface area contributed by atoms with E-state index in [9.17, 15) is 9.90 Å². The summed E-state index contributed by atoms with van der Waals surface area (Å²) in [5, 5.41) is 16.7. The molecule has 3 rings (SSSR count). The lowest BCUT2D eigenvalue weighted by Crippen LogP contribution is -2.29. The van der Waals surface area contributed by atoms with Crippen molar-refractivity contribution >= 4 is 5.91 Å². The molecule has 6 nitrogen and oxygen atoms in total. The maximum absolute atomic E-state index is 11.9. The Morgan fingerprint density at radius 2 is 2.50 bits per heavy atom. The number of furan rings is 1. The van der Waals surface area contributed by atoms with Crippen LogP contribution in [0.5, 0.6) is 0 Å². The highest BCUT2D eigenvalue weighted by molar-refractivity contribution is 5.75. The quantitative estimate of drug-likeness (QED) is 0.858. The number of carbonyl (C=O) groups excluding carboxylic acids is 1. The van der Waals surface area contributed by atoms with Gasteiger partial charge in [-0.15, -0.1) is 0 Å². The first-order valence-electron chi connectivity index (χ1n) is 6.73. The van der Waals surface area contributed by atoms with Gasteiger partial charge in [-0.2, -0.15) is 5.10 Å². The van der Waals surface area contributed by atoms with Crippen molar-refractivity contribution in [1.29, 1.82) is 0 Å². The number of rotatable bonds is 4. The zero-order valence-electron chi connectivity index (χ0n) is 11.1. The van der Waals surface area contributed by atoms with E-state index in [2.05, 4.69) is 10.4 Å². The van der Waals surface area contributed by atoms with Crippen molar-refractivity contribution in [2.45, 2.75) is 38.5 Å². The van der Waals surface area contributed by atoms with E-state index in [0.717, 1.165) is 29.9 Å². The van der Waals surface area contributed by atoms with Crippen LogP contribution < -0.4 is 5.32 Å². The van der Waals surface area contributed by atoms with Crippen LogP contribution >= 0.6 is 0 Å². The number of amides is 1. The lowest BCUT2D eigenvalue weighted by atomic mass is 9.96. The molecule has 0 spiro atoms. The van der Waals surface area contributed by atoms with E-state index >= 15 is 0 Å². The number of aryl methyl sites for hydroxylation is 1. The molecule has 20 heavy (non-hydrogen) atoms. The second kappa shape index (κ2) is 5.50. The van der Waals surface area contributed by atoms with E-state index in [1.54, 1.807) is 23.2 Å². The minimum Gasteiger partial charge on any atom is -0.467 e. The average molecular weight is 275 g/mol. The summed E-state index contributed by atoms with van der Waals surface area (Å²) in [6.45, 7) is 0.542. The standard InChI is InChI=1S/C14H17N3O3/c18-11-4-3-10-7-16-17(13(10)6-11)9-14(19)15-8-12-2-1-5-20-12/h1-2,5,7,11,18H,3-4,6,8-9H2,(H,15,19). The Bertz CT molecular complexity index is 589. The number of fused-ring (bicyclic) bond motifs is 1. The summed E-state index contributed by atoms with van der Waals surface area (Å²) in [6, 6.07) is 3.60. The first kappa shape index (κ1) is 12.9. The van der Waals surface area contributed by atoms with Crippen molar-refractivity contribution in [3.63, 3.8) is 0 Å². The molecule has 2 N–H and O–H groups in total. The highest BCUT2D eigenvalue weighted by atomic mass is 16.3. The molecule has 6 heteroatoms. The normalized spacial score (nSPS) is 17.8. The van der Waals surface area contributed by atoms with Crippen LogP contribution in [0.15, 0.2) is 29.0 Å². The molecule has 1 atom stereocenters. The Morgan fingerprint density at radius 3 is 3.30 bits per heavy atom. The highest BCUT2D eigenvalue weighted by Crippen LogP contribution is 2.20. The average Bonchev–Trinajstić information content (AvgIpc) is 3.07. The Balaban J connectivity index is 1.60. The van der Waals surface area contributed by atoms with Crippen molar-refractivity contribution in [3.05, 3.63) is 41.6 Å². The Kier molecular flexibility index (Phi) is 3.56. The zero-order chi connectivity index (χ0) is 13.9. The van der Waals surface area contributed by atoms with Crippen molar-refractivity contribution in [3.8, 4) is 0 Å². The molecule has 0 aliphatic heterocycles. The van der Waals surface area contributed by atoms with Gasteiger partial charge in [0, 0.05) is 12.1 Å². The van der Waals surface area contributed by atoms with Gasteiger partial charge in [0.1, 0.15) is 12.3 Å². The van der Waals surface area contributed by atoms with Crippen LogP contribution in [0.2, 0.25) is 0 Å². The molecule has 1 aliphatic carbocycles. The molecule has 1 unspecified atom stereocenters. The number of aromatic nitrogens is 2. The molecule has 0 aromatic carbocycles. The first-order valence-corrected chi connectivity index (χ1v) is 6.73. The van der Waals surface area contributed by atoms with Gasteiger partial charge in [-0.05, 0) is 30.5 Å². The second-order valence-corrected chi connectivity index (χ2v) is 5.03. The van der Waals surface area contributed by atoms with E-state index < -0.39 is 0 Å². The smallest absolute Gasteiger partial charge is 0.242 e. The molecule has 0 saturated heterocycles. The number of nitrogens with zero attached hydrogens (tertiary/aromatic N) is 2. The monoisotopic (exact) mass is 275 g/mol. The second-order valence-electron chi connectivity index (χ2n) is 5.03. The lowest BCUT2D eigenvalue weighted by molar-refractivity contribution is -0.122. The SMILES string of the molecule is O=C(Cn1ncc2c1CC(O)CC2)NCc1ccco1. The molecule has 2 aromatic heterocycles. The number of hydrogen-bond acceptors (Lipinski definition) is 4. The van der Waals surface area contributed by atoms with Crippen LogP contribution in [-0.2, 0) is 30.7 Å². The van der Waals surface area contributed by atoms with Crippen LogP contribution in [0.4, 0.5) is 0 Å². The van der Waals surface area contributed by atoms with Gasteiger partial charge < -0.3 is 14.8 Å². The van der Waals surface area contributed by atoms with Gasteiger partial charge in [0.15, 0.2) is 0 Å². The number of aliphatic hydroxyl groups excluding tert-OH is 1. The summed E-state index contributed by atoms with van der Waals surface area (Å²) in [7, 11) is 0. The summed E-state index contributed by atoms with van der Waals surface area (Å²) in [4.78, 5) is 11.9. The fourth-order valence-corrected chi connectivity index (χ4v) is 2.47. The predicted octanol–water partition coefficient (Wildman–Crippen LogP) is 0.642. The van der Waals surface area contributed by atoms with Gasteiger partial charge in [0.2, 0.25) is 5.91 Å². The molecule has 1 aliphatic rings. The summed E-state index contributed by atoms with van der Waals surface area (Å²) in [6.07, 6.45) is 5.20. The Labute approximate surface area is 116 Å². The van der Waals surface area contributed by atoms with Crippen molar-refractivity contribution in [2.24, 2.45) is 0 Å². The fourth-order valence-electron chi connectivity index (χ4n) is 2.47. The zero-order valence-corrected chi connectivity index (χ0v) is 11.1. The van der Waals surface area contributed by atoms with E-state index in [1.165, 1.54) is 0 Å². The Hall–Kier alpha value is -2.08. The van der Waals surface area contributed by atoms with Crippen LogP contribution in [0.25, 0.3) is 0 Å². The highest BCUT2D eigenvalue weighted by Gasteiger charge is 2.21. The molecule has 2 heterocycles. The van der Waals surface area contributed by atoms with Crippen molar-refractivity contribution in [1.82, 2.24) is 15.1 Å². The molecule has 0 fully saturated rings. The molecule has 2 aromatic rings. The molecule has 1 amide bonds. The third-order valence-electron chi connectivity index (χ3n) is 3.54. The number of carbonyl (C=O) groups is 1. The van der Waals surface area contributed by atoms with E-state index in [1.807, 2.05) is 6.07 Å². The third kappa shape index (κ3) is 2.75. The number of hydrogen-bond donors (Lipinski definition) is 2. The number of nitrogens with one attached hydrogen (secondary N) is 1. The van der Waals surface area contributed by atoms with Gasteiger partial charge in [-0.3, -0.25) is 9.48 Å². The van der Waals surface area contributed by atoms with Crippen LogP contribution in [-0.4, -0.2) is 26.9 Å². The summed E-state index contributed by atoms with van der Waals surface area (Å²) in [5.74, 6) is 0.601. The molecular formula is C14H17N3O3. The maximum atomic E-state index is 11.9. The molecule has 0 radical (unpaired) electrons. The Morgan fingerprint density at radius 1 is 1.60 bits per heavy atom. The molecule has 0 saturated carbocycles. The van der Waals surface area contributed by atoms with Crippen LogP contribution in [0.1, 0.15) is 23.4 Å². The summed E-state index contributed by atoms with van der Waals surface area (Å²) in [5.41, 5.74) is 2.10. The van der Waals surface area contributed by atoms with Crippen molar-refractivity contribution in [2.75, 3.05) is 0 Å². The molecule has 0 bridgehead atoms. The summed E-state index contributed by atoms with van der Waals surface area (Å²) >= 11 is 0. The van der Waals surface area contributed by atoms with Crippen LogP contribution in [0, 0.1) is 0 Å². The topological polar surface area (TPSA) is 80.3 Å². The van der Waals surface area contributed by atoms with E-state index in [0.29, 0.717) is 13.0 Å². The first-order chi connectivity index (χ1) is 9.72. The van der Waals surface area contributed by atoms with Gasteiger partial charge in [-0.1, -0.05) is 0 Å². The van der Waals surface area contributed by atoms with Crippen LogP contribution in [0.3, 0.4) is 0 Å². The largest absolute Gasteiger partial charge is 0.467 e. The van der Waals surface area contributed by atoms with Gasteiger partial charge in [0.25, 0.3) is 0 Å². The maximum Gasteiger partial charge on any atom is 0.242 e. The summed E-state index contributed by atoms with van der Waals surface area (Å²) < 4.78 is 6.83.